The van der Waals surface area contributed by atoms with Crippen molar-refractivity contribution in [1.82, 2.24) is 10.0 Å². The summed E-state index contributed by atoms with van der Waals surface area (Å²) in [6.07, 6.45) is 0.364. The summed E-state index contributed by atoms with van der Waals surface area (Å²) in [4.78, 5) is 12.9. The maximum absolute atomic E-state index is 13.1. The number of nitrogens with zero attached hydrogens (tertiary/aromatic N) is 1. The van der Waals surface area contributed by atoms with Crippen molar-refractivity contribution in [1.29, 1.82) is 5.26 Å². The smallest absolute Gasteiger partial charge is 0.241 e. The van der Waals surface area contributed by atoms with Crippen molar-refractivity contribution in [3.8, 4) is 6.07 Å². The number of rotatable bonds is 8. The van der Waals surface area contributed by atoms with E-state index in [1.165, 1.54) is 0 Å². The zero-order chi connectivity index (χ0) is 23.4. The zero-order valence-corrected chi connectivity index (χ0v) is 20.0. The van der Waals surface area contributed by atoms with E-state index >= 15 is 0 Å². The van der Waals surface area contributed by atoms with Crippen molar-refractivity contribution in [3.05, 3.63) is 65.0 Å². The molecule has 0 bridgehead atoms. The third-order valence-electron chi connectivity index (χ3n) is 5.17. The van der Waals surface area contributed by atoms with Crippen molar-refractivity contribution in [2.45, 2.75) is 50.0 Å². The van der Waals surface area contributed by atoms with Gasteiger partial charge in [-0.1, -0.05) is 51.1 Å². The van der Waals surface area contributed by atoms with E-state index in [0.29, 0.717) is 0 Å². The van der Waals surface area contributed by atoms with Crippen LogP contribution in [0.5, 0.6) is 0 Å². The number of fused-ring (bicyclic) bond motifs is 1. The number of thiophene rings is 1. The van der Waals surface area contributed by atoms with E-state index in [0.717, 1.165) is 21.2 Å². The number of carbonyl (C=O) groups is 1. The Morgan fingerprint density at radius 2 is 1.81 bits per heavy atom. The summed E-state index contributed by atoms with van der Waals surface area (Å²) in [6, 6.07) is 15.5. The summed E-state index contributed by atoms with van der Waals surface area (Å²) in [6.45, 7) is 6.34. The standard InChI is InChI=1S/C24H27N3O3S2/c1-24(2,3)18-9-11-19(12-10-18)32(29,30)27-21(23(28)26-14-6-13-25)15-17-16-31-22-8-5-4-7-20(17)22/h4-5,7-12,16,21,27H,6,14-15H2,1-3H3,(H,26,28). The summed E-state index contributed by atoms with van der Waals surface area (Å²) in [5, 5.41) is 14.4. The van der Waals surface area contributed by atoms with Crippen LogP contribution in [0.2, 0.25) is 0 Å². The van der Waals surface area contributed by atoms with Crippen molar-refractivity contribution >= 4 is 37.4 Å². The highest BCUT2D eigenvalue weighted by Gasteiger charge is 2.27. The first-order chi connectivity index (χ1) is 15.1. The van der Waals surface area contributed by atoms with Gasteiger partial charge in [-0.15, -0.1) is 11.3 Å². The van der Waals surface area contributed by atoms with E-state index in [1.54, 1.807) is 35.6 Å². The predicted molar refractivity (Wildman–Crippen MR) is 128 cm³/mol. The number of benzene rings is 2. The largest absolute Gasteiger partial charge is 0.354 e. The highest BCUT2D eigenvalue weighted by molar-refractivity contribution is 7.89. The molecule has 0 radical (unpaired) electrons. The molecule has 2 aromatic carbocycles. The van der Waals surface area contributed by atoms with Gasteiger partial charge in [0.1, 0.15) is 6.04 Å². The zero-order valence-electron chi connectivity index (χ0n) is 18.4. The van der Waals surface area contributed by atoms with Crippen LogP contribution in [-0.4, -0.2) is 26.9 Å². The minimum atomic E-state index is -3.93. The number of hydrogen-bond donors (Lipinski definition) is 2. The van der Waals surface area contributed by atoms with Crippen LogP contribution in [0.15, 0.2) is 58.8 Å². The van der Waals surface area contributed by atoms with Gasteiger partial charge in [-0.05, 0) is 51.9 Å². The number of amides is 1. The van der Waals surface area contributed by atoms with Crippen LogP contribution < -0.4 is 10.0 Å². The molecule has 0 saturated carbocycles. The number of hydrogen-bond acceptors (Lipinski definition) is 5. The van der Waals surface area contributed by atoms with Crippen LogP contribution >= 0.6 is 11.3 Å². The molecule has 0 aliphatic carbocycles. The molecule has 0 aliphatic rings. The lowest BCUT2D eigenvalue weighted by Crippen LogP contribution is -2.48. The molecule has 8 heteroatoms. The molecule has 0 fully saturated rings. The highest BCUT2D eigenvalue weighted by atomic mass is 32.2. The lowest BCUT2D eigenvalue weighted by molar-refractivity contribution is -0.122. The number of sulfonamides is 1. The number of nitrogens with one attached hydrogen (secondary N) is 2. The molecule has 1 amide bonds. The Labute approximate surface area is 193 Å². The summed E-state index contributed by atoms with van der Waals surface area (Å²) < 4.78 is 29.8. The number of nitriles is 1. The Hall–Kier alpha value is -2.73. The summed E-state index contributed by atoms with van der Waals surface area (Å²) in [5.74, 6) is -0.453. The van der Waals surface area contributed by atoms with Crippen LogP contribution in [0.25, 0.3) is 10.1 Å². The van der Waals surface area contributed by atoms with Crippen LogP contribution in [0.4, 0.5) is 0 Å². The summed E-state index contributed by atoms with van der Waals surface area (Å²) in [7, 11) is -3.93. The van der Waals surface area contributed by atoms with Crippen molar-refractivity contribution in [3.63, 3.8) is 0 Å². The quantitative estimate of drug-likeness (QED) is 0.485. The van der Waals surface area contributed by atoms with Gasteiger partial charge in [0.2, 0.25) is 15.9 Å². The summed E-state index contributed by atoms with van der Waals surface area (Å²) >= 11 is 1.56. The van der Waals surface area contributed by atoms with E-state index in [1.807, 2.05) is 35.7 Å². The van der Waals surface area contributed by atoms with Crippen LogP contribution in [0, 0.1) is 11.3 Å². The van der Waals surface area contributed by atoms with Gasteiger partial charge in [-0.2, -0.15) is 9.98 Å². The van der Waals surface area contributed by atoms with E-state index in [9.17, 15) is 13.2 Å². The first kappa shape index (κ1) is 23.9. The average molecular weight is 470 g/mol. The molecule has 168 valence electrons. The molecular weight excluding hydrogens is 442 g/mol. The van der Waals surface area contributed by atoms with E-state index in [4.69, 9.17) is 5.26 Å². The van der Waals surface area contributed by atoms with Crippen LogP contribution in [0.1, 0.15) is 38.3 Å². The van der Waals surface area contributed by atoms with E-state index in [2.05, 4.69) is 30.8 Å². The van der Waals surface area contributed by atoms with Crippen LogP contribution in [-0.2, 0) is 26.7 Å². The Morgan fingerprint density at radius 1 is 1.12 bits per heavy atom. The van der Waals surface area contributed by atoms with Crippen molar-refractivity contribution < 1.29 is 13.2 Å². The fourth-order valence-corrected chi connectivity index (χ4v) is 5.52. The molecule has 1 atom stereocenters. The Bertz CT molecular complexity index is 1230. The fraction of sp³-hybridized carbons (Fsp3) is 0.333. The van der Waals surface area contributed by atoms with Gasteiger partial charge in [-0.25, -0.2) is 8.42 Å². The van der Waals surface area contributed by atoms with Gasteiger partial charge in [0.15, 0.2) is 0 Å². The molecule has 0 aliphatic heterocycles. The molecule has 0 saturated heterocycles. The van der Waals surface area contributed by atoms with Gasteiger partial charge >= 0.3 is 0 Å². The Balaban J connectivity index is 1.87. The Morgan fingerprint density at radius 3 is 2.47 bits per heavy atom. The Kier molecular flexibility index (Phi) is 7.34. The second-order valence-electron chi connectivity index (χ2n) is 8.61. The monoisotopic (exact) mass is 469 g/mol. The molecule has 3 rings (SSSR count). The maximum atomic E-state index is 13.1. The topological polar surface area (TPSA) is 99.1 Å². The minimum Gasteiger partial charge on any atom is -0.354 e. The van der Waals surface area contributed by atoms with Gasteiger partial charge in [0.05, 0.1) is 17.4 Å². The van der Waals surface area contributed by atoms with Crippen molar-refractivity contribution in [2.75, 3.05) is 6.54 Å². The van der Waals surface area contributed by atoms with Crippen LogP contribution in [0.3, 0.4) is 0 Å². The predicted octanol–water partition coefficient (Wildman–Crippen LogP) is 4.12. The second kappa shape index (κ2) is 9.82. The number of carbonyl (C=O) groups excluding carboxylic acids is 1. The normalized spacial score (nSPS) is 12.9. The van der Waals surface area contributed by atoms with Gasteiger partial charge < -0.3 is 5.32 Å². The lowest BCUT2D eigenvalue weighted by Gasteiger charge is -2.20. The van der Waals surface area contributed by atoms with Gasteiger partial charge in [-0.3, -0.25) is 4.79 Å². The van der Waals surface area contributed by atoms with E-state index < -0.39 is 22.0 Å². The molecule has 2 N–H and O–H groups in total. The molecule has 3 aromatic rings. The maximum Gasteiger partial charge on any atom is 0.241 e. The molecule has 1 aromatic heterocycles. The first-order valence-electron chi connectivity index (χ1n) is 10.3. The first-order valence-corrected chi connectivity index (χ1v) is 12.7. The van der Waals surface area contributed by atoms with Gasteiger partial charge in [0.25, 0.3) is 0 Å². The lowest BCUT2D eigenvalue weighted by atomic mass is 9.87. The molecule has 1 heterocycles. The van der Waals surface area contributed by atoms with Crippen molar-refractivity contribution in [2.24, 2.45) is 0 Å². The molecular formula is C24H27N3O3S2. The molecule has 0 spiro atoms. The third-order valence-corrected chi connectivity index (χ3v) is 7.67. The third kappa shape index (κ3) is 5.74. The highest BCUT2D eigenvalue weighted by Crippen LogP contribution is 2.27. The summed E-state index contributed by atoms with van der Waals surface area (Å²) in [5.41, 5.74) is 1.82. The molecule has 6 nitrogen and oxygen atoms in total. The molecule has 32 heavy (non-hydrogen) atoms. The molecule has 1 unspecified atom stereocenters. The SMILES string of the molecule is CC(C)(C)c1ccc(S(=O)(=O)NC(Cc2csc3ccccc23)C(=O)NCCC#N)cc1. The fourth-order valence-electron chi connectivity index (χ4n) is 3.35. The van der Waals surface area contributed by atoms with E-state index in [-0.39, 0.29) is 29.7 Å². The average Bonchev–Trinajstić information content (AvgIpc) is 3.15. The minimum absolute atomic E-state index is 0.0983. The van der Waals surface area contributed by atoms with Gasteiger partial charge in [0, 0.05) is 11.2 Å². The second-order valence-corrected chi connectivity index (χ2v) is 11.2.